The van der Waals surface area contributed by atoms with E-state index < -0.39 is 32.4 Å². The summed E-state index contributed by atoms with van der Waals surface area (Å²) in [6.45, 7) is 1.01. The maximum atomic E-state index is 12.8. The number of nitro groups is 1. The van der Waals surface area contributed by atoms with Crippen molar-refractivity contribution in [2.75, 3.05) is 5.32 Å². The number of aromatic nitrogens is 4. The van der Waals surface area contributed by atoms with E-state index in [1.54, 1.807) is 7.05 Å². The van der Waals surface area contributed by atoms with Crippen LogP contribution in [0.3, 0.4) is 0 Å². The Balaban J connectivity index is 1.80. The Bertz CT molecular complexity index is 1280. The lowest BCUT2D eigenvalue weighted by Gasteiger charge is -2.13. The zero-order valence-corrected chi connectivity index (χ0v) is 18.1. The van der Waals surface area contributed by atoms with Gasteiger partial charge in [-0.3, -0.25) is 10.1 Å². The first-order valence-electron chi connectivity index (χ1n) is 9.29. The van der Waals surface area contributed by atoms with Crippen LogP contribution >= 0.6 is 0 Å². The summed E-state index contributed by atoms with van der Waals surface area (Å²) in [5.74, 6) is 0.277. The monoisotopic (exact) mass is 485 g/mol. The van der Waals surface area contributed by atoms with Crippen molar-refractivity contribution in [3.63, 3.8) is 0 Å². The molecule has 3 aromatic rings. The van der Waals surface area contributed by atoms with E-state index >= 15 is 0 Å². The molecule has 176 valence electrons. The third-order valence-electron chi connectivity index (χ3n) is 4.59. The van der Waals surface area contributed by atoms with Crippen molar-refractivity contribution in [3.05, 3.63) is 69.0 Å². The van der Waals surface area contributed by atoms with E-state index in [4.69, 9.17) is 0 Å². The molecule has 0 aliphatic heterocycles. The van der Waals surface area contributed by atoms with Crippen molar-refractivity contribution >= 4 is 21.4 Å². The number of hydrogen-bond acceptors (Lipinski definition) is 8. The van der Waals surface area contributed by atoms with Gasteiger partial charge in [0, 0.05) is 12.1 Å². The average molecular weight is 485 g/mol. The van der Waals surface area contributed by atoms with E-state index in [1.165, 1.54) is 23.9 Å². The minimum atomic E-state index is -4.51. The second-order valence-electron chi connectivity index (χ2n) is 6.91. The molecule has 0 radical (unpaired) electrons. The Hall–Kier alpha value is -3.59. The number of sulfonamides is 1. The van der Waals surface area contributed by atoms with Gasteiger partial charge in [-0.25, -0.2) is 13.1 Å². The van der Waals surface area contributed by atoms with Crippen LogP contribution in [0.5, 0.6) is 0 Å². The van der Waals surface area contributed by atoms with Gasteiger partial charge in [-0.2, -0.15) is 18.0 Å². The summed E-state index contributed by atoms with van der Waals surface area (Å²) >= 11 is 0. The molecule has 1 heterocycles. The fraction of sp³-hybridized carbons (Fsp3) is 0.278. The highest BCUT2D eigenvalue weighted by Gasteiger charge is 2.30. The second-order valence-corrected chi connectivity index (χ2v) is 8.65. The Morgan fingerprint density at radius 2 is 1.79 bits per heavy atom. The molecule has 0 fully saturated rings. The van der Waals surface area contributed by atoms with Crippen molar-refractivity contribution in [3.8, 4) is 0 Å². The summed E-state index contributed by atoms with van der Waals surface area (Å²) in [5, 5.41) is 25.8. The first kappa shape index (κ1) is 24.1. The quantitative estimate of drug-likeness (QED) is 0.366. The lowest BCUT2D eigenvalue weighted by atomic mass is 10.1. The summed E-state index contributed by atoms with van der Waals surface area (Å²) in [6.07, 6.45) is -4.51. The van der Waals surface area contributed by atoms with Gasteiger partial charge in [-0.05, 0) is 42.0 Å². The second kappa shape index (κ2) is 9.11. The number of hydrogen-bond donors (Lipinski definition) is 2. The molecule has 0 aliphatic carbocycles. The molecular formula is C18H18F3N7O4S. The van der Waals surface area contributed by atoms with Crippen LogP contribution in [0.15, 0.2) is 41.3 Å². The van der Waals surface area contributed by atoms with Crippen LogP contribution in [-0.4, -0.2) is 33.5 Å². The molecule has 0 aliphatic rings. The summed E-state index contributed by atoms with van der Waals surface area (Å²) in [4.78, 5) is 11.8. The molecule has 3 rings (SSSR count). The van der Waals surface area contributed by atoms with Gasteiger partial charge in [0.15, 0.2) is 5.82 Å². The van der Waals surface area contributed by atoms with Gasteiger partial charge in [0.05, 0.1) is 29.0 Å². The van der Waals surface area contributed by atoms with Crippen molar-refractivity contribution in [2.24, 2.45) is 7.05 Å². The normalized spacial score (nSPS) is 12.0. The predicted octanol–water partition coefficient (Wildman–Crippen LogP) is 2.54. The first-order valence-corrected chi connectivity index (χ1v) is 10.8. The molecular weight excluding hydrogens is 467 g/mol. The van der Waals surface area contributed by atoms with Crippen LogP contribution in [0.25, 0.3) is 0 Å². The number of nitrogens with zero attached hydrogens (tertiary/aromatic N) is 5. The fourth-order valence-electron chi connectivity index (χ4n) is 2.99. The molecule has 0 spiro atoms. The summed E-state index contributed by atoms with van der Waals surface area (Å²) in [6, 6.07) is 6.42. The standard InChI is InChI=1S/C18H18F3N7O4S/c1-11-15(33(31,32)23-9-12-3-5-13(6-4-12)18(19,20)21)8-7-14(17(11)28(29)30)22-10-16-24-26-27(2)25-16/h3-8,22-23H,9-10H2,1-2H3. The van der Waals surface area contributed by atoms with Gasteiger partial charge in [-0.15, -0.1) is 10.2 Å². The highest BCUT2D eigenvalue weighted by Crippen LogP contribution is 2.33. The van der Waals surface area contributed by atoms with Gasteiger partial charge in [0.1, 0.15) is 5.69 Å². The minimum absolute atomic E-state index is 0.0202. The van der Waals surface area contributed by atoms with Gasteiger partial charge >= 0.3 is 6.18 Å². The summed E-state index contributed by atoms with van der Waals surface area (Å²) in [7, 11) is -2.65. The van der Waals surface area contributed by atoms with Gasteiger partial charge in [0.25, 0.3) is 5.69 Å². The van der Waals surface area contributed by atoms with Crippen LogP contribution in [0.1, 0.15) is 22.5 Å². The maximum absolute atomic E-state index is 12.8. The Kier molecular flexibility index (Phi) is 6.64. The molecule has 1 aromatic heterocycles. The third-order valence-corrected chi connectivity index (χ3v) is 6.13. The Labute approximate surface area is 185 Å². The summed E-state index contributed by atoms with van der Waals surface area (Å²) < 4.78 is 65.8. The minimum Gasteiger partial charge on any atom is -0.372 e. The van der Waals surface area contributed by atoms with Crippen LogP contribution in [0.2, 0.25) is 0 Å². The molecule has 2 N–H and O–H groups in total. The number of anilines is 1. The predicted molar refractivity (Wildman–Crippen MR) is 109 cm³/mol. The number of halogens is 3. The van der Waals surface area contributed by atoms with Crippen molar-refractivity contribution in [1.82, 2.24) is 24.9 Å². The lowest BCUT2D eigenvalue weighted by molar-refractivity contribution is -0.384. The number of benzene rings is 2. The topological polar surface area (TPSA) is 145 Å². The number of nitrogens with one attached hydrogen (secondary N) is 2. The first-order chi connectivity index (χ1) is 15.4. The number of tetrazole rings is 1. The Morgan fingerprint density at radius 3 is 2.33 bits per heavy atom. The molecule has 0 bridgehead atoms. The largest absolute Gasteiger partial charge is 0.416 e. The highest BCUT2D eigenvalue weighted by molar-refractivity contribution is 7.89. The number of rotatable bonds is 8. The number of aryl methyl sites for hydroxylation is 1. The van der Waals surface area contributed by atoms with E-state index in [0.29, 0.717) is 0 Å². The molecule has 15 heteroatoms. The van der Waals surface area contributed by atoms with Gasteiger partial charge < -0.3 is 5.32 Å². The molecule has 33 heavy (non-hydrogen) atoms. The van der Waals surface area contributed by atoms with Crippen LogP contribution in [0, 0.1) is 17.0 Å². The van der Waals surface area contributed by atoms with E-state index in [9.17, 15) is 31.7 Å². The van der Waals surface area contributed by atoms with E-state index in [0.717, 1.165) is 24.3 Å². The molecule has 0 unspecified atom stereocenters. The van der Waals surface area contributed by atoms with Crippen molar-refractivity contribution in [2.45, 2.75) is 31.1 Å². The van der Waals surface area contributed by atoms with Crippen LogP contribution < -0.4 is 10.0 Å². The summed E-state index contributed by atoms with van der Waals surface area (Å²) in [5.41, 5.74) is -1.08. The maximum Gasteiger partial charge on any atom is 0.416 e. The fourth-order valence-corrected chi connectivity index (χ4v) is 4.25. The van der Waals surface area contributed by atoms with Gasteiger partial charge in [0.2, 0.25) is 10.0 Å². The van der Waals surface area contributed by atoms with Crippen molar-refractivity contribution in [1.29, 1.82) is 0 Å². The zero-order chi connectivity index (χ0) is 24.4. The average Bonchev–Trinajstić information content (AvgIpc) is 3.15. The van der Waals surface area contributed by atoms with E-state index in [-0.39, 0.29) is 40.6 Å². The molecule has 0 saturated carbocycles. The number of nitro benzene ring substituents is 1. The van der Waals surface area contributed by atoms with Crippen LogP contribution in [0.4, 0.5) is 24.5 Å². The molecule has 0 amide bonds. The van der Waals surface area contributed by atoms with Gasteiger partial charge in [-0.1, -0.05) is 12.1 Å². The molecule has 2 aromatic carbocycles. The third kappa shape index (κ3) is 5.61. The van der Waals surface area contributed by atoms with Crippen LogP contribution in [-0.2, 0) is 36.3 Å². The number of alkyl halides is 3. The molecule has 11 nitrogen and oxygen atoms in total. The molecule has 0 saturated heterocycles. The molecule has 0 atom stereocenters. The Morgan fingerprint density at radius 1 is 1.12 bits per heavy atom. The van der Waals surface area contributed by atoms with Crippen molar-refractivity contribution < 1.29 is 26.5 Å². The van der Waals surface area contributed by atoms with E-state index in [2.05, 4.69) is 25.4 Å². The lowest BCUT2D eigenvalue weighted by Crippen LogP contribution is -2.24. The van der Waals surface area contributed by atoms with E-state index in [1.807, 2.05) is 0 Å². The SMILES string of the molecule is Cc1c(S(=O)(=O)NCc2ccc(C(F)(F)F)cc2)ccc(NCc2nnn(C)n2)c1[N+](=O)[O-]. The highest BCUT2D eigenvalue weighted by atomic mass is 32.2. The smallest absolute Gasteiger partial charge is 0.372 e. The zero-order valence-electron chi connectivity index (χ0n) is 17.3.